The highest BCUT2D eigenvalue weighted by Crippen LogP contribution is 2.29. The summed E-state index contributed by atoms with van der Waals surface area (Å²) in [5, 5.41) is 17.5. The standard InChI is InChI=1S/C7H3BrF2N2O/c8-6-3(2-11)1-4(13)5(12-6)7(9)10/h1,7,13H. The first-order chi connectivity index (χ1) is 6.06. The normalized spacial score (nSPS) is 10.1. The van der Waals surface area contributed by atoms with E-state index in [9.17, 15) is 8.78 Å². The molecule has 0 saturated heterocycles. The van der Waals surface area contributed by atoms with Crippen molar-refractivity contribution < 1.29 is 13.9 Å². The van der Waals surface area contributed by atoms with Gasteiger partial charge >= 0.3 is 0 Å². The van der Waals surface area contributed by atoms with Gasteiger partial charge in [-0.3, -0.25) is 0 Å². The molecule has 0 spiro atoms. The van der Waals surface area contributed by atoms with Gasteiger partial charge < -0.3 is 5.11 Å². The van der Waals surface area contributed by atoms with Crippen LogP contribution in [0, 0.1) is 11.3 Å². The molecule has 1 rings (SSSR count). The first-order valence-corrected chi connectivity index (χ1v) is 3.93. The molecule has 13 heavy (non-hydrogen) atoms. The summed E-state index contributed by atoms with van der Waals surface area (Å²) in [4.78, 5) is 3.34. The van der Waals surface area contributed by atoms with Crippen molar-refractivity contribution in [1.82, 2.24) is 4.98 Å². The van der Waals surface area contributed by atoms with E-state index in [1.807, 2.05) is 0 Å². The van der Waals surface area contributed by atoms with Crippen LogP contribution in [0.3, 0.4) is 0 Å². The SMILES string of the molecule is N#Cc1cc(O)c(C(F)F)nc1Br. The van der Waals surface area contributed by atoms with Crippen molar-refractivity contribution in [2.75, 3.05) is 0 Å². The van der Waals surface area contributed by atoms with Gasteiger partial charge in [-0.1, -0.05) is 0 Å². The van der Waals surface area contributed by atoms with Crippen LogP contribution >= 0.6 is 15.9 Å². The van der Waals surface area contributed by atoms with Crippen molar-refractivity contribution in [2.45, 2.75) is 6.43 Å². The number of alkyl halides is 2. The number of rotatable bonds is 1. The minimum absolute atomic E-state index is 0.00287. The molecule has 0 saturated carbocycles. The Bertz CT molecular complexity index is 375. The Morgan fingerprint density at radius 3 is 2.69 bits per heavy atom. The maximum Gasteiger partial charge on any atom is 0.284 e. The van der Waals surface area contributed by atoms with Gasteiger partial charge in [-0.15, -0.1) is 0 Å². The van der Waals surface area contributed by atoms with Crippen LogP contribution in [-0.4, -0.2) is 10.1 Å². The Hall–Kier alpha value is -1.22. The van der Waals surface area contributed by atoms with E-state index in [0.29, 0.717) is 0 Å². The molecule has 3 nitrogen and oxygen atoms in total. The lowest BCUT2D eigenvalue weighted by Gasteiger charge is -2.03. The summed E-state index contributed by atoms with van der Waals surface area (Å²) < 4.78 is 24.2. The second-order valence-electron chi connectivity index (χ2n) is 2.14. The molecule has 1 N–H and O–H groups in total. The van der Waals surface area contributed by atoms with Gasteiger partial charge in [-0.25, -0.2) is 13.8 Å². The number of hydrogen-bond acceptors (Lipinski definition) is 3. The summed E-state index contributed by atoms with van der Waals surface area (Å²) in [6, 6.07) is 2.63. The molecule has 0 amide bonds. The predicted octanol–water partition coefficient (Wildman–Crippen LogP) is 2.36. The number of pyridine rings is 1. The minimum Gasteiger partial charge on any atom is -0.506 e. The van der Waals surface area contributed by atoms with E-state index in [-0.39, 0.29) is 10.2 Å². The number of aromatic nitrogens is 1. The molecule has 0 aromatic carbocycles. The summed E-state index contributed by atoms with van der Waals surface area (Å²) in [7, 11) is 0. The lowest BCUT2D eigenvalue weighted by Crippen LogP contribution is -1.93. The van der Waals surface area contributed by atoms with Gasteiger partial charge in [-0.05, 0) is 15.9 Å². The fourth-order valence-corrected chi connectivity index (χ4v) is 1.13. The topological polar surface area (TPSA) is 56.9 Å². The van der Waals surface area contributed by atoms with Crippen LogP contribution in [0.15, 0.2) is 10.7 Å². The van der Waals surface area contributed by atoms with Crippen LogP contribution < -0.4 is 0 Å². The Kier molecular flexibility index (Phi) is 2.78. The van der Waals surface area contributed by atoms with E-state index < -0.39 is 17.9 Å². The van der Waals surface area contributed by atoms with Crippen molar-refractivity contribution in [1.29, 1.82) is 5.26 Å². The molecule has 68 valence electrons. The first kappa shape index (κ1) is 9.86. The van der Waals surface area contributed by atoms with Gasteiger partial charge in [0, 0.05) is 6.07 Å². The third-order valence-corrected chi connectivity index (χ3v) is 1.92. The maximum absolute atomic E-state index is 12.1. The number of nitrogens with zero attached hydrogens (tertiary/aromatic N) is 2. The molecule has 1 aromatic heterocycles. The monoisotopic (exact) mass is 248 g/mol. The van der Waals surface area contributed by atoms with Crippen LogP contribution in [0.2, 0.25) is 0 Å². The third kappa shape index (κ3) is 1.92. The summed E-state index contributed by atoms with van der Waals surface area (Å²) in [5.41, 5.74) is -0.715. The highest BCUT2D eigenvalue weighted by atomic mass is 79.9. The second kappa shape index (κ2) is 3.66. The molecule has 0 aliphatic heterocycles. The maximum atomic E-state index is 12.1. The van der Waals surface area contributed by atoms with E-state index in [4.69, 9.17) is 10.4 Å². The summed E-state index contributed by atoms with van der Waals surface area (Å²) in [6.07, 6.45) is -2.86. The molecule has 1 heterocycles. The molecular weight excluding hydrogens is 246 g/mol. The van der Waals surface area contributed by atoms with Crippen LogP contribution in [-0.2, 0) is 0 Å². The predicted molar refractivity (Wildman–Crippen MR) is 43.3 cm³/mol. The van der Waals surface area contributed by atoms with Crippen molar-refractivity contribution in [3.05, 3.63) is 21.9 Å². The smallest absolute Gasteiger partial charge is 0.284 e. The molecular formula is C7H3BrF2N2O. The Morgan fingerprint density at radius 1 is 1.62 bits per heavy atom. The number of nitriles is 1. The highest BCUT2D eigenvalue weighted by molar-refractivity contribution is 9.10. The zero-order valence-corrected chi connectivity index (χ0v) is 7.72. The van der Waals surface area contributed by atoms with E-state index in [2.05, 4.69) is 20.9 Å². The second-order valence-corrected chi connectivity index (χ2v) is 2.89. The Balaban J connectivity index is 3.31. The van der Waals surface area contributed by atoms with Gasteiger partial charge in [0.2, 0.25) is 0 Å². The fourth-order valence-electron chi connectivity index (χ4n) is 0.732. The lowest BCUT2D eigenvalue weighted by molar-refractivity contribution is 0.141. The zero-order chi connectivity index (χ0) is 10.0. The summed E-state index contributed by atoms with van der Waals surface area (Å²) in [6.45, 7) is 0. The minimum atomic E-state index is -2.86. The molecule has 0 bridgehead atoms. The molecule has 1 aromatic rings. The Labute approximate surface area is 80.8 Å². The van der Waals surface area contributed by atoms with Gasteiger partial charge in [0.05, 0.1) is 5.56 Å². The molecule has 0 aliphatic carbocycles. The van der Waals surface area contributed by atoms with Gasteiger partial charge in [0.1, 0.15) is 22.1 Å². The van der Waals surface area contributed by atoms with Gasteiger partial charge in [0.15, 0.2) is 0 Å². The lowest BCUT2D eigenvalue weighted by atomic mass is 10.2. The van der Waals surface area contributed by atoms with Gasteiger partial charge in [-0.2, -0.15) is 5.26 Å². The molecule has 0 radical (unpaired) electrons. The Morgan fingerprint density at radius 2 is 2.23 bits per heavy atom. The molecule has 0 atom stereocenters. The van der Waals surface area contributed by atoms with Crippen molar-refractivity contribution in [3.8, 4) is 11.8 Å². The van der Waals surface area contributed by atoms with E-state index in [1.165, 1.54) is 0 Å². The molecule has 0 aliphatic rings. The first-order valence-electron chi connectivity index (χ1n) is 3.14. The quantitative estimate of drug-likeness (QED) is 0.777. The van der Waals surface area contributed by atoms with E-state index in [0.717, 1.165) is 6.07 Å². The van der Waals surface area contributed by atoms with Crippen molar-refractivity contribution in [3.63, 3.8) is 0 Å². The van der Waals surface area contributed by atoms with Crippen LogP contribution in [0.25, 0.3) is 0 Å². The van der Waals surface area contributed by atoms with Crippen LogP contribution in [0.5, 0.6) is 5.75 Å². The van der Waals surface area contributed by atoms with E-state index in [1.54, 1.807) is 6.07 Å². The number of hydrogen-bond donors (Lipinski definition) is 1. The van der Waals surface area contributed by atoms with Gasteiger partial charge in [0.25, 0.3) is 6.43 Å². The zero-order valence-electron chi connectivity index (χ0n) is 6.13. The highest BCUT2D eigenvalue weighted by Gasteiger charge is 2.17. The third-order valence-electron chi connectivity index (χ3n) is 1.31. The van der Waals surface area contributed by atoms with Crippen LogP contribution in [0.4, 0.5) is 8.78 Å². The largest absolute Gasteiger partial charge is 0.506 e. The average Bonchev–Trinajstić information content (AvgIpc) is 2.07. The van der Waals surface area contributed by atoms with E-state index >= 15 is 0 Å². The molecule has 0 unspecified atom stereocenters. The average molecular weight is 249 g/mol. The van der Waals surface area contributed by atoms with Crippen molar-refractivity contribution in [2.24, 2.45) is 0 Å². The summed E-state index contributed by atoms with van der Waals surface area (Å²) >= 11 is 2.83. The van der Waals surface area contributed by atoms with Crippen molar-refractivity contribution >= 4 is 15.9 Å². The number of halogens is 3. The molecule has 6 heteroatoms. The molecule has 0 fully saturated rings. The summed E-state index contributed by atoms with van der Waals surface area (Å²) in [5.74, 6) is -0.672. The number of aromatic hydroxyl groups is 1. The fraction of sp³-hybridized carbons (Fsp3) is 0.143. The van der Waals surface area contributed by atoms with Crippen LogP contribution in [0.1, 0.15) is 17.7 Å².